The summed E-state index contributed by atoms with van der Waals surface area (Å²) < 4.78 is 0.917. The molecule has 0 spiro atoms. The van der Waals surface area contributed by atoms with E-state index in [0.717, 1.165) is 9.49 Å². The average molecular weight is 269 g/mol. The fraction of sp³-hybridized carbons (Fsp3) is 0.200. The number of rotatable bonds is 1. The van der Waals surface area contributed by atoms with Crippen LogP contribution in [0.25, 0.3) is 0 Å². The molecule has 1 heterocycles. The number of imide groups is 1. The lowest BCUT2D eigenvalue weighted by atomic mass is 9.92. The highest BCUT2D eigenvalue weighted by Gasteiger charge is 2.48. The Labute approximate surface area is 95.6 Å². The third-order valence-corrected chi connectivity index (χ3v) is 3.14. The highest BCUT2D eigenvalue weighted by molar-refractivity contribution is 9.08. The molecule has 1 saturated heterocycles. The standard InChI is InChI=1S/C10H9BrN2O2/c1-10(7-5-3-2-4-6-7)8(14)13(11)9(15)12-10/h2-6H,1H3,(H,12,15). The maximum atomic E-state index is 11.8. The van der Waals surface area contributed by atoms with Gasteiger partial charge in [0.1, 0.15) is 5.54 Å². The number of carbonyl (C=O) groups excluding carboxylic acids is 2. The zero-order chi connectivity index (χ0) is 11.1. The van der Waals surface area contributed by atoms with Gasteiger partial charge in [-0.25, -0.2) is 4.79 Å². The van der Waals surface area contributed by atoms with Crippen LogP contribution in [0.3, 0.4) is 0 Å². The van der Waals surface area contributed by atoms with Gasteiger partial charge < -0.3 is 5.32 Å². The molecule has 0 radical (unpaired) electrons. The molecule has 1 unspecified atom stereocenters. The van der Waals surface area contributed by atoms with Crippen LogP contribution in [0.15, 0.2) is 30.3 Å². The van der Waals surface area contributed by atoms with Crippen LogP contribution in [0.4, 0.5) is 4.79 Å². The average Bonchev–Trinajstić information content (AvgIpc) is 2.45. The minimum Gasteiger partial charge on any atom is -0.319 e. The van der Waals surface area contributed by atoms with Crippen LogP contribution < -0.4 is 5.32 Å². The Morgan fingerprint density at radius 1 is 1.27 bits per heavy atom. The summed E-state index contributed by atoms with van der Waals surface area (Å²) in [6, 6.07) is 8.70. The van der Waals surface area contributed by atoms with Gasteiger partial charge in [0.25, 0.3) is 5.91 Å². The van der Waals surface area contributed by atoms with E-state index < -0.39 is 11.6 Å². The second-order valence-electron chi connectivity index (χ2n) is 3.51. The third kappa shape index (κ3) is 1.43. The molecule has 0 aromatic heterocycles. The summed E-state index contributed by atoms with van der Waals surface area (Å²) in [4.78, 5) is 23.2. The summed E-state index contributed by atoms with van der Waals surface area (Å²) >= 11 is 2.91. The largest absolute Gasteiger partial charge is 0.335 e. The van der Waals surface area contributed by atoms with E-state index in [1.54, 1.807) is 6.92 Å². The predicted molar refractivity (Wildman–Crippen MR) is 58.1 cm³/mol. The lowest BCUT2D eigenvalue weighted by Crippen LogP contribution is -2.40. The van der Waals surface area contributed by atoms with Gasteiger partial charge in [0, 0.05) is 0 Å². The van der Waals surface area contributed by atoms with Gasteiger partial charge >= 0.3 is 6.03 Å². The van der Waals surface area contributed by atoms with Crippen molar-refractivity contribution in [1.82, 2.24) is 9.24 Å². The molecule has 0 saturated carbocycles. The second-order valence-corrected chi connectivity index (χ2v) is 4.22. The first kappa shape index (κ1) is 10.2. The molecular weight excluding hydrogens is 260 g/mol. The molecule has 1 aliphatic rings. The van der Waals surface area contributed by atoms with Gasteiger partial charge in [-0.1, -0.05) is 30.3 Å². The maximum absolute atomic E-state index is 11.8. The first-order valence-corrected chi connectivity index (χ1v) is 5.14. The van der Waals surface area contributed by atoms with Crippen molar-refractivity contribution in [3.8, 4) is 0 Å². The topological polar surface area (TPSA) is 49.4 Å². The third-order valence-electron chi connectivity index (χ3n) is 2.49. The Morgan fingerprint density at radius 3 is 2.33 bits per heavy atom. The summed E-state index contributed by atoms with van der Waals surface area (Å²) in [7, 11) is 0. The normalized spacial score (nSPS) is 25.6. The van der Waals surface area contributed by atoms with Crippen molar-refractivity contribution in [2.75, 3.05) is 0 Å². The molecule has 1 fully saturated rings. The summed E-state index contributed by atoms with van der Waals surface area (Å²) in [5, 5.41) is 2.64. The van der Waals surface area contributed by atoms with E-state index >= 15 is 0 Å². The van der Waals surface area contributed by atoms with E-state index in [1.165, 1.54) is 0 Å². The Kier molecular flexibility index (Phi) is 2.26. The van der Waals surface area contributed by atoms with E-state index in [9.17, 15) is 9.59 Å². The first-order chi connectivity index (χ1) is 7.05. The van der Waals surface area contributed by atoms with Gasteiger partial charge in [0.2, 0.25) is 0 Å². The van der Waals surface area contributed by atoms with Crippen molar-refractivity contribution >= 4 is 28.1 Å². The van der Waals surface area contributed by atoms with Crippen molar-refractivity contribution in [2.45, 2.75) is 12.5 Å². The fourth-order valence-electron chi connectivity index (χ4n) is 1.57. The van der Waals surface area contributed by atoms with Crippen molar-refractivity contribution < 1.29 is 9.59 Å². The SMILES string of the molecule is CC1(c2ccccc2)NC(=O)N(Br)C1=O. The molecule has 1 N–H and O–H groups in total. The first-order valence-electron chi connectivity index (χ1n) is 4.44. The number of hydrogen-bond acceptors (Lipinski definition) is 2. The van der Waals surface area contributed by atoms with Crippen molar-refractivity contribution in [2.24, 2.45) is 0 Å². The van der Waals surface area contributed by atoms with Crippen LogP contribution in [-0.4, -0.2) is 15.9 Å². The zero-order valence-corrected chi connectivity index (χ0v) is 9.61. The van der Waals surface area contributed by atoms with Gasteiger partial charge in [0.05, 0.1) is 16.1 Å². The Hall–Kier alpha value is -1.36. The zero-order valence-electron chi connectivity index (χ0n) is 8.03. The van der Waals surface area contributed by atoms with E-state index in [0.29, 0.717) is 0 Å². The van der Waals surface area contributed by atoms with Crippen LogP contribution in [0.2, 0.25) is 0 Å². The number of urea groups is 1. The van der Waals surface area contributed by atoms with Crippen LogP contribution in [0.5, 0.6) is 0 Å². The highest BCUT2D eigenvalue weighted by atomic mass is 79.9. The summed E-state index contributed by atoms with van der Waals surface area (Å²) in [6.07, 6.45) is 0. The molecule has 4 nitrogen and oxygen atoms in total. The highest BCUT2D eigenvalue weighted by Crippen LogP contribution is 2.29. The Bertz CT molecular complexity index is 421. The number of carbonyl (C=O) groups is 2. The molecule has 0 aliphatic carbocycles. The van der Waals surface area contributed by atoms with E-state index in [-0.39, 0.29) is 5.91 Å². The van der Waals surface area contributed by atoms with Gasteiger partial charge in [-0.3, -0.25) is 4.79 Å². The van der Waals surface area contributed by atoms with Gasteiger partial charge in [-0.05, 0) is 12.5 Å². The molecule has 3 amide bonds. The van der Waals surface area contributed by atoms with Crippen molar-refractivity contribution in [3.63, 3.8) is 0 Å². The number of nitrogens with zero attached hydrogens (tertiary/aromatic N) is 1. The number of halogens is 1. The van der Waals surface area contributed by atoms with Crippen molar-refractivity contribution in [3.05, 3.63) is 35.9 Å². The van der Waals surface area contributed by atoms with Crippen LogP contribution >= 0.6 is 16.1 Å². The number of hydrogen-bond donors (Lipinski definition) is 1. The summed E-state index contributed by atoms with van der Waals surface area (Å²) in [6.45, 7) is 1.68. The minimum atomic E-state index is -0.970. The van der Waals surface area contributed by atoms with Gasteiger partial charge in [0.15, 0.2) is 0 Å². The van der Waals surface area contributed by atoms with Gasteiger partial charge in [-0.15, -0.1) is 0 Å². The molecule has 2 rings (SSSR count). The monoisotopic (exact) mass is 268 g/mol. The lowest BCUT2D eigenvalue weighted by Gasteiger charge is -2.20. The molecule has 15 heavy (non-hydrogen) atoms. The molecule has 1 aromatic rings. The fourth-order valence-corrected chi connectivity index (χ4v) is 2.02. The summed E-state index contributed by atoms with van der Waals surface area (Å²) in [5.74, 6) is -0.307. The molecule has 1 atom stereocenters. The predicted octanol–water partition coefficient (Wildman–Crippen LogP) is 1.76. The van der Waals surface area contributed by atoms with E-state index in [1.807, 2.05) is 30.3 Å². The Balaban J connectivity index is 2.45. The van der Waals surface area contributed by atoms with Crippen molar-refractivity contribution in [1.29, 1.82) is 0 Å². The molecule has 5 heteroatoms. The molecular formula is C10H9BrN2O2. The molecule has 1 aliphatic heterocycles. The molecule has 0 bridgehead atoms. The number of amides is 3. The quantitative estimate of drug-likeness (QED) is 0.624. The summed E-state index contributed by atoms with van der Waals surface area (Å²) in [5.41, 5.74) is -0.202. The van der Waals surface area contributed by atoms with Gasteiger partial charge in [-0.2, -0.15) is 3.93 Å². The lowest BCUT2D eigenvalue weighted by molar-refractivity contribution is -0.127. The van der Waals surface area contributed by atoms with Crippen LogP contribution in [0.1, 0.15) is 12.5 Å². The Morgan fingerprint density at radius 2 is 1.87 bits per heavy atom. The minimum absolute atomic E-state index is 0.307. The van der Waals surface area contributed by atoms with E-state index in [2.05, 4.69) is 21.5 Å². The number of benzene rings is 1. The smallest absolute Gasteiger partial charge is 0.319 e. The van der Waals surface area contributed by atoms with Crippen LogP contribution in [0, 0.1) is 0 Å². The second kappa shape index (κ2) is 3.34. The molecule has 1 aromatic carbocycles. The molecule has 78 valence electrons. The number of nitrogens with one attached hydrogen (secondary N) is 1. The van der Waals surface area contributed by atoms with E-state index in [4.69, 9.17) is 0 Å². The maximum Gasteiger partial charge on any atom is 0.335 e. The van der Waals surface area contributed by atoms with Crippen LogP contribution in [-0.2, 0) is 10.3 Å².